The van der Waals surface area contributed by atoms with Crippen molar-refractivity contribution in [3.63, 3.8) is 0 Å². The zero-order valence-electron chi connectivity index (χ0n) is 6.35. The average Bonchev–Trinajstić information content (AvgIpc) is 2.04. The first kappa shape index (κ1) is 8.17. The van der Waals surface area contributed by atoms with Crippen LogP contribution in [0.3, 0.4) is 0 Å². The van der Waals surface area contributed by atoms with Crippen LogP contribution < -0.4 is 0 Å². The van der Waals surface area contributed by atoms with Crippen molar-refractivity contribution in [2.45, 2.75) is 13.3 Å². The monoisotopic (exact) mass is 253 g/mol. The lowest BCUT2D eigenvalue weighted by molar-refractivity contribution is 0.217. The van der Waals surface area contributed by atoms with Gasteiger partial charge in [0.2, 0.25) is 0 Å². The van der Waals surface area contributed by atoms with Crippen molar-refractivity contribution in [1.29, 1.82) is 0 Å². The third-order valence-corrected chi connectivity index (χ3v) is 3.17. The minimum Gasteiger partial charge on any atom is -0.496 e. The van der Waals surface area contributed by atoms with Gasteiger partial charge in [0.15, 0.2) is 0 Å². The van der Waals surface area contributed by atoms with Crippen molar-refractivity contribution in [3.8, 4) is 0 Å². The Morgan fingerprint density at radius 2 is 2.30 bits per heavy atom. The quantitative estimate of drug-likeness (QED) is 0.483. The van der Waals surface area contributed by atoms with Crippen LogP contribution in [0.1, 0.15) is 13.3 Å². The Balaban J connectivity index is 2.69. The lowest BCUT2D eigenvalue weighted by atomic mass is 10.4. The summed E-state index contributed by atoms with van der Waals surface area (Å²) < 4.78 is 6.65. The molecule has 0 fully saturated rings. The van der Waals surface area contributed by atoms with Crippen LogP contribution in [0.4, 0.5) is 0 Å². The molecule has 0 spiro atoms. The summed E-state index contributed by atoms with van der Waals surface area (Å²) in [5.74, 6) is 1.06. The van der Waals surface area contributed by atoms with Gasteiger partial charge in [0.1, 0.15) is 9.46 Å². The summed E-state index contributed by atoms with van der Waals surface area (Å²) >= 11 is 2.31. The van der Waals surface area contributed by atoms with E-state index in [0.717, 1.165) is 25.3 Å². The molecule has 0 amide bonds. The molecule has 1 aliphatic heterocycles. The maximum absolute atomic E-state index is 5.42. The molecule has 3 heteroatoms. The molecule has 10 heavy (non-hydrogen) atoms. The summed E-state index contributed by atoms with van der Waals surface area (Å²) in [5.41, 5.74) is 0. The number of ether oxygens (including phenoxy) is 1. The maximum Gasteiger partial charge on any atom is 0.122 e. The molecule has 0 saturated heterocycles. The molecule has 58 valence electrons. The van der Waals surface area contributed by atoms with Crippen molar-refractivity contribution in [1.82, 2.24) is 4.90 Å². The molecule has 0 bridgehead atoms. The van der Waals surface area contributed by atoms with Gasteiger partial charge in [-0.3, -0.25) is 0 Å². The summed E-state index contributed by atoms with van der Waals surface area (Å²) in [7, 11) is 2.10. The SMILES string of the molecule is CC1=C(I)N(C)CCCO1. The third kappa shape index (κ3) is 1.78. The van der Waals surface area contributed by atoms with E-state index in [4.69, 9.17) is 4.74 Å². The number of allylic oxidation sites excluding steroid dienone is 1. The zero-order valence-corrected chi connectivity index (χ0v) is 8.51. The highest BCUT2D eigenvalue weighted by Gasteiger charge is 2.09. The van der Waals surface area contributed by atoms with E-state index in [1.807, 2.05) is 6.92 Å². The molecule has 1 heterocycles. The summed E-state index contributed by atoms with van der Waals surface area (Å²) in [6.45, 7) is 3.99. The van der Waals surface area contributed by atoms with Crippen LogP contribution in [0.5, 0.6) is 0 Å². The van der Waals surface area contributed by atoms with E-state index >= 15 is 0 Å². The Morgan fingerprint density at radius 3 is 3.00 bits per heavy atom. The van der Waals surface area contributed by atoms with Gasteiger partial charge in [0.05, 0.1) is 6.61 Å². The van der Waals surface area contributed by atoms with E-state index in [-0.39, 0.29) is 0 Å². The first-order valence-electron chi connectivity index (χ1n) is 3.42. The highest BCUT2D eigenvalue weighted by Crippen LogP contribution is 2.20. The fourth-order valence-electron chi connectivity index (χ4n) is 0.953. The van der Waals surface area contributed by atoms with Crippen LogP contribution in [0.15, 0.2) is 9.46 Å². The van der Waals surface area contributed by atoms with Gasteiger partial charge in [-0.15, -0.1) is 0 Å². The van der Waals surface area contributed by atoms with Gasteiger partial charge < -0.3 is 9.64 Å². The largest absolute Gasteiger partial charge is 0.496 e. The van der Waals surface area contributed by atoms with Gasteiger partial charge in [-0.05, 0) is 35.9 Å². The van der Waals surface area contributed by atoms with Crippen molar-refractivity contribution in [2.24, 2.45) is 0 Å². The van der Waals surface area contributed by atoms with Gasteiger partial charge in [0.25, 0.3) is 0 Å². The van der Waals surface area contributed by atoms with Crippen molar-refractivity contribution < 1.29 is 4.74 Å². The Morgan fingerprint density at radius 1 is 1.60 bits per heavy atom. The Bertz CT molecular complexity index is 156. The van der Waals surface area contributed by atoms with E-state index in [1.165, 1.54) is 3.70 Å². The van der Waals surface area contributed by atoms with Gasteiger partial charge >= 0.3 is 0 Å². The number of hydrogen-bond acceptors (Lipinski definition) is 2. The molecular formula is C7H12INO. The summed E-state index contributed by atoms with van der Waals surface area (Å²) in [6.07, 6.45) is 1.13. The lowest BCUT2D eigenvalue weighted by Gasteiger charge is -2.15. The van der Waals surface area contributed by atoms with Crippen LogP contribution in [-0.2, 0) is 4.74 Å². The van der Waals surface area contributed by atoms with Crippen molar-refractivity contribution in [2.75, 3.05) is 20.2 Å². The van der Waals surface area contributed by atoms with E-state index in [0.29, 0.717) is 0 Å². The van der Waals surface area contributed by atoms with E-state index in [1.54, 1.807) is 0 Å². The third-order valence-electron chi connectivity index (χ3n) is 1.58. The van der Waals surface area contributed by atoms with Crippen molar-refractivity contribution in [3.05, 3.63) is 9.46 Å². The highest BCUT2D eigenvalue weighted by atomic mass is 127. The number of nitrogens with zero attached hydrogens (tertiary/aromatic N) is 1. The lowest BCUT2D eigenvalue weighted by Crippen LogP contribution is -2.14. The molecule has 0 aliphatic carbocycles. The second-order valence-corrected chi connectivity index (χ2v) is 3.49. The maximum atomic E-state index is 5.42. The smallest absolute Gasteiger partial charge is 0.122 e. The fraction of sp³-hybridized carbons (Fsp3) is 0.714. The van der Waals surface area contributed by atoms with Crippen LogP contribution in [-0.4, -0.2) is 25.1 Å². The van der Waals surface area contributed by atoms with Gasteiger partial charge in [-0.1, -0.05) is 0 Å². The minimum atomic E-state index is 0.864. The molecule has 0 radical (unpaired) electrons. The van der Waals surface area contributed by atoms with Gasteiger partial charge in [0, 0.05) is 13.6 Å². The Hall–Kier alpha value is 0.0700. The summed E-state index contributed by atoms with van der Waals surface area (Å²) in [4.78, 5) is 2.23. The minimum absolute atomic E-state index is 0.864. The second kappa shape index (κ2) is 3.46. The Kier molecular flexibility index (Phi) is 2.82. The Labute approximate surface area is 75.4 Å². The average molecular weight is 253 g/mol. The first-order valence-corrected chi connectivity index (χ1v) is 4.50. The topological polar surface area (TPSA) is 12.5 Å². The molecule has 0 saturated carbocycles. The number of rotatable bonds is 0. The van der Waals surface area contributed by atoms with Crippen molar-refractivity contribution >= 4 is 22.6 Å². The van der Waals surface area contributed by atoms with Crippen LogP contribution in [0.2, 0.25) is 0 Å². The molecule has 0 unspecified atom stereocenters. The van der Waals surface area contributed by atoms with Crippen LogP contribution in [0, 0.1) is 0 Å². The molecule has 0 N–H and O–H groups in total. The summed E-state index contributed by atoms with van der Waals surface area (Å²) in [6, 6.07) is 0. The van der Waals surface area contributed by atoms with Crippen LogP contribution in [0.25, 0.3) is 0 Å². The first-order chi connectivity index (χ1) is 4.72. The fourth-order valence-corrected chi connectivity index (χ4v) is 1.35. The van der Waals surface area contributed by atoms with E-state index < -0.39 is 0 Å². The summed E-state index contributed by atoms with van der Waals surface area (Å²) in [5, 5.41) is 0. The van der Waals surface area contributed by atoms with E-state index in [2.05, 4.69) is 34.5 Å². The predicted octanol–water partition coefficient (Wildman–Crippen LogP) is 1.96. The standard InChI is InChI=1S/C7H12INO/c1-6-7(8)9(2)4-3-5-10-6/h3-5H2,1-2H3. The zero-order chi connectivity index (χ0) is 7.56. The van der Waals surface area contributed by atoms with Crippen LogP contribution >= 0.6 is 22.6 Å². The number of hydrogen-bond donors (Lipinski definition) is 0. The molecule has 0 aromatic rings. The molecular weight excluding hydrogens is 241 g/mol. The molecule has 1 rings (SSSR count). The highest BCUT2D eigenvalue weighted by molar-refractivity contribution is 14.1. The molecule has 0 aromatic carbocycles. The normalized spacial score (nSPS) is 20.5. The van der Waals surface area contributed by atoms with Gasteiger partial charge in [-0.25, -0.2) is 0 Å². The molecule has 0 atom stereocenters. The van der Waals surface area contributed by atoms with E-state index in [9.17, 15) is 0 Å². The molecule has 0 aromatic heterocycles. The number of halogens is 1. The predicted molar refractivity (Wildman–Crippen MR) is 49.9 cm³/mol. The van der Waals surface area contributed by atoms with Gasteiger partial charge in [-0.2, -0.15) is 0 Å². The molecule has 2 nitrogen and oxygen atoms in total. The second-order valence-electron chi connectivity index (χ2n) is 2.47. The molecule has 1 aliphatic rings.